The van der Waals surface area contributed by atoms with Crippen LogP contribution in [0, 0.1) is 0 Å². The molecule has 2 amide bonds. The molecule has 8 nitrogen and oxygen atoms in total. The maximum absolute atomic E-state index is 13.0. The molecule has 3 atom stereocenters. The van der Waals surface area contributed by atoms with E-state index in [0.29, 0.717) is 18.5 Å². The van der Waals surface area contributed by atoms with Crippen LogP contribution in [0.3, 0.4) is 0 Å². The zero-order chi connectivity index (χ0) is 19.4. The van der Waals surface area contributed by atoms with Gasteiger partial charge in [0.25, 0.3) is 0 Å². The van der Waals surface area contributed by atoms with E-state index in [2.05, 4.69) is 21.6 Å². The molecule has 4 heterocycles. The topological polar surface area (TPSA) is 88.4 Å². The van der Waals surface area contributed by atoms with Gasteiger partial charge in [-0.25, -0.2) is 4.79 Å². The smallest absolute Gasteiger partial charge is 0.309 e. The number of hydrogen-bond acceptors (Lipinski definition) is 5. The van der Waals surface area contributed by atoms with Crippen molar-refractivity contribution >= 4 is 22.8 Å². The molecule has 3 fully saturated rings. The molecular weight excluding hydrogens is 358 g/mol. The number of aromatic nitrogens is 2. The number of imide groups is 1. The van der Waals surface area contributed by atoms with E-state index >= 15 is 0 Å². The largest absolute Gasteiger partial charge is 0.329 e. The van der Waals surface area contributed by atoms with Crippen LogP contribution in [-0.4, -0.2) is 51.0 Å². The third-order valence-electron chi connectivity index (χ3n) is 6.39. The number of amides is 2. The van der Waals surface area contributed by atoms with Crippen LogP contribution >= 0.6 is 0 Å². The number of carbonyl (C=O) groups is 2. The van der Waals surface area contributed by atoms with Crippen molar-refractivity contribution < 1.29 is 9.59 Å². The number of hydrogen-bond donors (Lipinski definition) is 2. The number of carbonyl (C=O) groups excluding carboxylic acids is 2. The van der Waals surface area contributed by atoms with Crippen LogP contribution in [0.25, 0.3) is 11.0 Å². The summed E-state index contributed by atoms with van der Waals surface area (Å²) < 4.78 is 3.20. The molecule has 5 rings (SSSR count). The number of aryl methyl sites for hydroxylation is 1. The molecule has 3 aliphatic rings. The fraction of sp³-hybridized carbons (Fsp3) is 0.550. The summed E-state index contributed by atoms with van der Waals surface area (Å²) in [6, 6.07) is 6.41. The van der Waals surface area contributed by atoms with Crippen LogP contribution in [0.2, 0.25) is 0 Å². The van der Waals surface area contributed by atoms with Crippen molar-refractivity contribution in [3.05, 3.63) is 34.2 Å². The molecule has 2 bridgehead atoms. The monoisotopic (exact) mass is 383 g/mol. The number of fused-ring (bicyclic) bond motifs is 3. The number of imidazole rings is 1. The number of rotatable bonds is 3. The van der Waals surface area contributed by atoms with E-state index in [4.69, 9.17) is 0 Å². The molecule has 2 N–H and O–H groups in total. The average Bonchev–Trinajstić information content (AvgIpc) is 3.13. The molecule has 1 aromatic heterocycles. The van der Waals surface area contributed by atoms with Crippen molar-refractivity contribution in [2.45, 2.75) is 50.4 Å². The highest BCUT2D eigenvalue weighted by atomic mass is 16.2. The van der Waals surface area contributed by atoms with Gasteiger partial charge in [0, 0.05) is 45.2 Å². The third kappa shape index (κ3) is 2.79. The normalized spacial score (nSPS) is 28.1. The second-order valence-electron chi connectivity index (χ2n) is 8.30. The number of nitrogens with zero attached hydrogens (tertiary/aromatic N) is 3. The Morgan fingerprint density at radius 2 is 1.82 bits per heavy atom. The van der Waals surface area contributed by atoms with Crippen molar-refractivity contribution in [2.75, 3.05) is 13.1 Å². The summed E-state index contributed by atoms with van der Waals surface area (Å²) in [6.45, 7) is 2.84. The van der Waals surface area contributed by atoms with Gasteiger partial charge in [0.2, 0.25) is 11.8 Å². The lowest BCUT2D eigenvalue weighted by Crippen LogP contribution is -2.50. The Bertz CT molecular complexity index is 1010. The third-order valence-corrected chi connectivity index (χ3v) is 6.39. The van der Waals surface area contributed by atoms with Gasteiger partial charge in [0.05, 0.1) is 11.0 Å². The first kappa shape index (κ1) is 17.6. The van der Waals surface area contributed by atoms with Crippen molar-refractivity contribution in [3.63, 3.8) is 0 Å². The molecule has 0 radical (unpaired) electrons. The molecule has 148 valence electrons. The number of nitrogens with one attached hydrogen (secondary N) is 2. The highest BCUT2D eigenvalue weighted by Crippen LogP contribution is 2.27. The second-order valence-corrected chi connectivity index (χ2v) is 8.30. The molecule has 1 aromatic carbocycles. The quantitative estimate of drug-likeness (QED) is 0.742. The Kier molecular flexibility index (Phi) is 4.13. The first-order valence-electron chi connectivity index (χ1n) is 10.0. The van der Waals surface area contributed by atoms with Crippen LogP contribution < -0.4 is 16.3 Å². The molecule has 2 aromatic rings. The summed E-state index contributed by atoms with van der Waals surface area (Å²) in [4.78, 5) is 39.3. The molecule has 3 aliphatic heterocycles. The average molecular weight is 383 g/mol. The number of piperidine rings is 1. The number of likely N-dealkylation sites (tertiary alicyclic amines) is 1. The minimum absolute atomic E-state index is 0.211. The first-order chi connectivity index (χ1) is 13.5. The Morgan fingerprint density at radius 3 is 2.54 bits per heavy atom. The summed E-state index contributed by atoms with van der Waals surface area (Å²) in [5.74, 6) is -0.668. The Hall–Kier alpha value is -2.45. The van der Waals surface area contributed by atoms with Crippen LogP contribution in [0.4, 0.5) is 0 Å². The molecule has 0 spiro atoms. The Balaban J connectivity index is 1.53. The summed E-state index contributed by atoms with van der Waals surface area (Å²) in [5, 5.41) is 6.01. The van der Waals surface area contributed by atoms with Crippen LogP contribution in [0.15, 0.2) is 23.0 Å². The molecule has 28 heavy (non-hydrogen) atoms. The van der Waals surface area contributed by atoms with Gasteiger partial charge in [-0.3, -0.25) is 28.9 Å². The summed E-state index contributed by atoms with van der Waals surface area (Å²) in [5.41, 5.74) is 2.53. The van der Waals surface area contributed by atoms with E-state index in [1.165, 1.54) is 12.8 Å². The Morgan fingerprint density at radius 1 is 1.07 bits per heavy atom. The van der Waals surface area contributed by atoms with E-state index in [1.807, 2.05) is 12.1 Å². The maximum Gasteiger partial charge on any atom is 0.329 e. The summed E-state index contributed by atoms with van der Waals surface area (Å²) in [6.07, 6.45) is 3.07. The van der Waals surface area contributed by atoms with Gasteiger partial charge < -0.3 is 5.32 Å². The van der Waals surface area contributed by atoms with E-state index < -0.39 is 11.9 Å². The van der Waals surface area contributed by atoms with E-state index in [0.717, 1.165) is 36.2 Å². The number of piperazine rings is 1. The lowest BCUT2D eigenvalue weighted by molar-refractivity contribution is -0.135. The molecule has 3 saturated heterocycles. The van der Waals surface area contributed by atoms with Crippen LogP contribution in [-0.2, 0) is 23.2 Å². The first-order valence-corrected chi connectivity index (χ1v) is 10.0. The van der Waals surface area contributed by atoms with Crippen LogP contribution in [0.5, 0.6) is 0 Å². The molecular formula is C20H25N5O3. The van der Waals surface area contributed by atoms with Gasteiger partial charge in [-0.2, -0.15) is 0 Å². The predicted octanol–water partition coefficient (Wildman–Crippen LogP) is 0.254. The lowest BCUT2D eigenvalue weighted by atomic mass is 10.1. The van der Waals surface area contributed by atoms with Gasteiger partial charge in [0.1, 0.15) is 6.04 Å². The standard InChI is InChI=1S/C20H25N5O3/c1-23-18-12(9-24-10-13-5-6-14(11-24)21-13)3-2-4-15(18)25(20(23)28)16-7-8-17(26)22-19(16)27/h2-4,13-14,16,21H,5-11H2,1H3,(H,22,26,27)/t13-,14+,16?. The fourth-order valence-electron chi connectivity index (χ4n) is 5.14. The van der Waals surface area contributed by atoms with Gasteiger partial charge in [-0.1, -0.05) is 12.1 Å². The van der Waals surface area contributed by atoms with Crippen molar-refractivity contribution in [1.29, 1.82) is 0 Å². The van der Waals surface area contributed by atoms with Crippen LogP contribution in [0.1, 0.15) is 37.3 Å². The van der Waals surface area contributed by atoms with E-state index in [-0.39, 0.29) is 18.0 Å². The minimum atomic E-state index is -0.640. The summed E-state index contributed by atoms with van der Waals surface area (Å²) in [7, 11) is 1.76. The molecule has 1 unspecified atom stereocenters. The lowest BCUT2D eigenvalue weighted by Gasteiger charge is -2.33. The number of benzene rings is 1. The Labute approximate surface area is 162 Å². The molecule has 8 heteroatoms. The van der Waals surface area contributed by atoms with Gasteiger partial charge in [-0.15, -0.1) is 0 Å². The molecule has 0 saturated carbocycles. The van der Waals surface area contributed by atoms with E-state index in [1.54, 1.807) is 16.2 Å². The van der Waals surface area contributed by atoms with E-state index in [9.17, 15) is 14.4 Å². The van der Waals surface area contributed by atoms with Gasteiger partial charge >= 0.3 is 5.69 Å². The van der Waals surface area contributed by atoms with Gasteiger partial charge in [0.15, 0.2) is 0 Å². The summed E-state index contributed by atoms with van der Waals surface area (Å²) >= 11 is 0. The van der Waals surface area contributed by atoms with Crippen molar-refractivity contribution in [3.8, 4) is 0 Å². The molecule has 0 aliphatic carbocycles. The maximum atomic E-state index is 13.0. The van der Waals surface area contributed by atoms with Crippen molar-refractivity contribution in [1.82, 2.24) is 24.7 Å². The highest BCUT2D eigenvalue weighted by Gasteiger charge is 2.34. The zero-order valence-corrected chi connectivity index (χ0v) is 16.0. The highest BCUT2D eigenvalue weighted by molar-refractivity contribution is 6.00. The zero-order valence-electron chi connectivity index (χ0n) is 16.0. The minimum Gasteiger partial charge on any atom is -0.309 e. The van der Waals surface area contributed by atoms with Crippen molar-refractivity contribution in [2.24, 2.45) is 7.05 Å². The number of para-hydroxylation sites is 1. The fourth-order valence-corrected chi connectivity index (χ4v) is 5.14. The predicted molar refractivity (Wildman–Crippen MR) is 104 cm³/mol. The van der Waals surface area contributed by atoms with Gasteiger partial charge in [-0.05, 0) is 30.9 Å². The SMILES string of the molecule is Cn1c(=O)n(C2CCC(=O)NC2=O)c2cccc(CN3C[C@H]4CC[C@@H](C3)N4)c21. The second kappa shape index (κ2) is 6.56.